The molecule has 0 bridgehead atoms. The fraction of sp³-hybridized carbons (Fsp3) is 0.214. The summed E-state index contributed by atoms with van der Waals surface area (Å²) in [6, 6.07) is 8.41. The lowest BCUT2D eigenvalue weighted by atomic mass is 10.3. The van der Waals surface area contributed by atoms with E-state index in [0.29, 0.717) is 5.69 Å². The van der Waals surface area contributed by atoms with E-state index in [1.54, 1.807) is 26.0 Å². The van der Waals surface area contributed by atoms with Gasteiger partial charge in [-0.1, -0.05) is 18.2 Å². The van der Waals surface area contributed by atoms with Crippen LogP contribution in [0.15, 0.2) is 36.5 Å². The molecule has 8 heteroatoms. The van der Waals surface area contributed by atoms with Crippen molar-refractivity contribution < 1.29 is 14.7 Å². The SMILES string of the molecule is CC(C)NC(=O)NNC(=O)c1nn(-c2ccccc2)cc1O. The average Bonchev–Trinajstić information content (AvgIpc) is 2.87. The van der Waals surface area contributed by atoms with Crippen molar-refractivity contribution in [3.8, 4) is 11.4 Å². The van der Waals surface area contributed by atoms with E-state index in [9.17, 15) is 14.7 Å². The maximum atomic E-state index is 11.9. The van der Waals surface area contributed by atoms with Crippen molar-refractivity contribution in [3.63, 3.8) is 0 Å². The van der Waals surface area contributed by atoms with Gasteiger partial charge in [0.05, 0.1) is 11.9 Å². The fourth-order valence-electron chi connectivity index (χ4n) is 1.71. The first-order chi connectivity index (χ1) is 10.5. The van der Waals surface area contributed by atoms with Gasteiger partial charge in [0.25, 0.3) is 5.91 Å². The molecular weight excluding hydrogens is 286 g/mol. The average molecular weight is 303 g/mol. The van der Waals surface area contributed by atoms with Gasteiger partial charge in [0.1, 0.15) is 0 Å². The summed E-state index contributed by atoms with van der Waals surface area (Å²) in [4.78, 5) is 23.3. The van der Waals surface area contributed by atoms with E-state index in [0.717, 1.165) is 0 Å². The Morgan fingerprint density at radius 2 is 1.86 bits per heavy atom. The minimum absolute atomic E-state index is 0.0670. The molecule has 4 N–H and O–H groups in total. The molecule has 0 unspecified atom stereocenters. The number of aromatic hydroxyl groups is 1. The quantitative estimate of drug-likeness (QED) is 0.632. The van der Waals surface area contributed by atoms with E-state index in [1.807, 2.05) is 18.2 Å². The molecule has 22 heavy (non-hydrogen) atoms. The third kappa shape index (κ3) is 3.75. The van der Waals surface area contributed by atoms with Crippen molar-refractivity contribution in [2.45, 2.75) is 19.9 Å². The summed E-state index contributed by atoms with van der Waals surface area (Å²) in [5, 5.41) is 16.3. The Kier molecular flexibility index (Phi) is 4.62. The maximum absolute atomic E-state index is 11.9. The monoisotopic (exact) mass is 303 g/mol. The van der Waals surface area contributed by atoms with Crippen molar-refractivity contribution >= 4 is 11.9 Å². The molecule has 0 aliphatic carbocycles. The maximum Gasteiger partial charge on any atom is 0.333 e. The number of para-hydroxylation sites is 1. The zero-order valence-electron chi connectivity index (χ0n) is 12.2. The van der Waals surface area contributed by atoms with Gasteiger partial charge in [-0.2, -0.15) is 5.10 Å². The highest BCUT2D eigenvalue weighted by Gasteiger charge is 2.17. The minimum atomic E-state index is -0.717. The Balaban J connectivity index is 2.05. The predicted molar refractivity (Wildman–Crippen MR) is 79.5 cm³/mol. The summed E-state index contributed by atoms with van der Waals surface area (Å²) in [5.41, 5.74) is 4.86. The van der Waals surface area contributed by atoms with Crippen molar-refractivity contribution in [2.75, 3.05) is 0 Å². The lowest BCUT2D eigenvalue weighted by molar-refractivity contribution is 0.0928. The second kappa shape index (κ2) is 6.61. The van der Waals surface area contributed by atoms with E-state index in [4.69, 9.17) is 0 Å². The Hall–Kier alpha value is -3.03. The molecule has 3 amide bonds. The molecule has 0 atom stereocenters. The van der Waals surface area contributed by atoms with E-state index < -0.39 is 11.9 Å². The predicted octanol–water partition coefficient (Wildman–Crippen LogP) is 0.930. The molecule has 0 saturated carbocycles. The van der Waals surface area contributed by atoms with E-state index in [2.05, 4.69) is 21.3 Å². The highest BCUT2D eigenvalue weighted by Crippen LogP contribution is 2.17. The van der Waals surface area contributed by atoms with Crippen LogP contribution in [0.1, 0.15) is 24.3 Å². The van der Waals surface area contributed by atoms with Gasteiger partial charge in [-0.25, -0.2) is 14.9 Å². The van der Waals surface area contributed by atoms with Crippen LogP contribution in [0.25, 0.3) is 5.69 Å². The number of hydrogen-bond acceptors (Lipinski definition) is 4. The molecule has 116 valence electrons. The second-order valence-electron chi connectivity index (χ2n) is 4.85. The summed E-state index contributed by atoms with van der Waals surface area (Å²) < 4.78 is 1.37. The highest BCUT2D eigenvalue weighted by molar-refractivity contribution is 5.95. The van der Waals surface area contributed by atoms with Crippen LogP contribution in [0.3, 0.4) is 0 Å². The Morgan fingerprint density at radius 3 is 2.50 bits per heavy atom. The zero-order valence-corrected chi connectivity index (χ0v) is 12.2. The van der Waals surface area contributed by atoms with Gasteiger partial charge in [0.2, 0.25) is 0 Å². The van der Waals surface area contributed by atoms with Gasteiger partial charge >= 0.3 is 6.03 Å². The number of carbonyl (C=O) groups excluding carboxylic acids is 2. The molecule has 0 radical (unpaired) electrons. The Labute approximate surface area is 127 Å². The summed E-state index contributed by atoms with van der Waals surface area (Å²) in [5.74, 6) is -1.00. The first-order valence-electron chi connectivity index (χ1n) is 6.68. The van der Waals surface area contributed by atoms with Crippen LogP contribution < -0.4 is 16.2 Å². The normalized spacial score (nSPS) is 10.3. The van der Waals surface area contributed by atoms with E-state index >= 15 is 0 Å². The third-order valence-corrected chi connectivity index (χ3v) is 2.64. The molecule has 2 aromatic rings. The molecule has 1 heterocycles. The number of nitrogens with one attached hydrogen (secondary N) is 3. The number of urea groups is 1. The number of hydrogen-bond donors (Lipinski definition) is 4. The van der Waals surface area contributed by atoms with Gasteiger partial charge in [-0.05, 0) is 26.0 Å². The summed E-state index contributed by atoms with van der Waals surface area (Å²) in [7, 11) is 0. The van der Waals surface area contributed by atoms with Crippen molar-refractivity contribution in [3.05, 3.63) is 42.2 Å². The first-order valence-corrected chi connectivity index (χ1v) is 6.68. The van der Waals surface area contributed by atoms with Gasteiger partial charge < -0.3 is 10.4 Å². The van der Waals surface area contributed by atoms with E-state index in [-0.39, 0.29) is 17.5 Å². The van der Waals surface area contributed by atoms with Crippen LogP contribution in [-0.4, -0.2) is 32.9 Å². The largest absolute Gasteiger partial charge is 0.504 e. The van der Waals surface area contributed by atoms with Crippen molar-refractivity contribution in [1.82, 2.24) is 25.9 Å². The lowest BCUT2D eigenvalue weighted by Gasteiger charge is -2.10. The van der Waals surface area contributed by atoms with Crippen molar-refractivity contribution in [1.29, 1.82) is 0 Å². The molecule has 0 fully saturated rings. The van der Waals surface area contributed by atoms with Crippen LogP contribution in [0.4, 0.5) is 4.79 Å². The fourth-order valence-corrected chi connectivity index (χ4v) is 1.71. The molecule has 0 saturated heterocycles. The number of amides is 3. The third-order valence-electron chi connectivity index (χ3n) is 2.64. The zero-order chi connectivity index (χ0) is 16.1. The number of hydrazine groups is 1. The van der Waals surface area contributed by atoms with Gasteiger partial charge in [0.15, 0.2) is 11.4 Å². The smallest absolute Gasteiger partial charge is 0.333 e. The molecule has 0 aliphatic heterocycles. The summed E-state index contributed by atoms with van der Waals surface area (Å²) in [6.45, 7) is 3.57. The number of aromatic nitrogens is 2. The molecule has 0 spiro atoms. The second-order valence-corrected chi connectivity index (χ2v) is 4.85. The Morgan fingerprint density at radius 1 is 1.18 bits per heavy atom. The van der Waals surface area contributed by atoms with Crippen molar-refractivity contribution in [2.24, 2.45) is 0 Å². The molecule has 0 aliphatic rings. The number of benzene rings is 1. The van der Waals surface area contributed by atoms with Gasteiger partial charge in [-0.15, -0.1) is 0 Å². The van der Waals surface area contributed by atoms with Gasteiger partial charge in [-0.3, -0.25) is 10.2 Å². The summed E-state index contributed by atoms with van der Waals surface area (Å²) >= 11 is 0. The molecule has 8 nitrogen and oxygen atoms in total. The lowest BCUT2D eigenvalue weighted by Crippen LogP contribution is -2.48. The van der Waals surface area contributed by atoms with Gasteiger partial charge in [0, 0.05) is 6.04 Å². The van der Waals surface area contributed by atoms with Crippen LogP contribution in [0.2, 0.25) is 0 Å². The molecule has 1 aromatic carbocycles. The van der Waals surface area contributed by atoms with Crippen LogP contribution in [-0.2, 0) is 0 Å². The number of carbonyl (C=O) groups is 2. The highest BCUT2D eigenvalue weighted by atomic mass is 16.3. The number of nitrogens with zero attached hydrogens (tertiary/aromatic N) is 2. The summed E-state index contributed by atoms with van der Waals surface area (Å²) in [6.07, 6.45) is 1.32. The minimum Gasteiger partial charge on any atom is -0.504 e. The molecule has 1 aromatic heterocycles. The topological polar surface area (TPSA) is 108 Å². The van der Waals surface area contributed by atoms with Crippen LogP contribution >= 0.6 is 0 Å². The number of rotatable bonds is 3. The standard InChI is InChI=1S/C14H17N5O3/c1-9(2)15-14(22)17-16-13(21)12-11(20)8-19(18-12)10-6-4-3-5-7-10/h3-9,20H,1-2H3,(H,16,21)(H2,15,17,22). The van der Waals surface area contributed by atoms with E-state index in [1.165, 1.54) is 10.9 Å². The van der Waals surface area contributed by atoms with Crippen LogP contribution in [0, 0.1) is 0 Å². The Bertz CT molecular complexity index is 666. The molecule has 2 rings (SSSR count). The van der Waals surface area contributed by atoms with Crippen LogP contribution in [0.5, 0.6) is 5.75 Å². The first kappa shape index (κ1) is 15.4. The molecular formula is C14H17N5O3.